The van der Waals surface area contributed by atoms with Crippen molar-refractivity contribution in [1.82, 2.24) is 5.32 Å². The molecule has 0 bridgehead atoms. The molecule has 0 aliphatic heterocycles. The molecule has 0 aliphatic carbocycles. The van der Waals surface area contributed by atoms with Gasteiger partial charge in [-0.3, -0.25) is 4.79 Å². The fourth-order valence-corrected chi connectivity index (χ4v) is 1.77. The summed E-state index contributed by atoms with van der Waals surface area (Å²) in [5.41, 5.74) is 0.941. The second-order valence-electron chi connectivity index (χ2n) is 4.74. The largest absolute Gasteiger partial charge is 0.481 e. The van der Waals surface area contributed by atoms with E-state index in [1.807, 2.05) is 12.1 Å². The van der Waals surface area contributed by atoms with Crippen LogP contribution in [-0.4, -0.2) is 18.6 Å². The molecule has 1 rings (SSSR count). The highest BCUT2D eigenvalue weighted by Gasteiger charge is 2.13. The molecule has 0 heterocycles. The monoisotopic (exact) mass is 274 g/mol. The topological polar surface area (TPSA) is 62.1 Å². The van der Waals surface area contributed by atoms with Gasteiger partial charge in [-0.2, -0.15) is 5.26 Å². The molecule has 0 spiro atoms. The maximum Gasteiger partial charge on any atom is 0.260 e. The Balaban J connectivity index is 2.39. The summed E-state index contributed by atoms with van der Waals surface area (Å²) in [5.74, 6) is 0.546. The van der Waals surface area contributed by atoms with E-state index in [2.05, 4.69) is 18.3 Å². The van der Waals surface area contributed by atoms with Crippen molar-refractivity contribution >= 4 is 5.91 Å². The third-order valence-electron chi connectivity index (χ3n) is 2.97. The highest BCUT2D eigenvalue weighted by Crippen LogP contribution is 2.14. The van der Waals surface area contributed by atoms with Crippen LogP contribution in [0.2, 0.25) is 0 Å². The lowest BCUT2D eigenvalue weighted by Gasteiger charge is -2.14. The SMILES string of the molecule is CCCCCNC(=O)C(C)Oc1ccc(CC#N)cc1. The van der Waals surface area contributed by atoms with Crippen molar-refractivity contribution in [2.75, 3.05) is 6.54 Å². The lowest BCUT2D eigenvalue weighted by atomic mass is 10.2. The molecular formula is C16H22N2O2. The average Bonchev–Trinajstić information content (AvgIpc) is 2.45. The molecule has 20 heavy (non-hydrogen) atoms. The molecule has 0 aliphatic rings. The van der Waals surface area contributed by atoms with Gasteiger partial charge in [0, 0.05) is 6.54 Å². The van der Waals surface area contributed by atoms with Gasteiger partial charge in [0.15, 0.2) is 6.10 Å². The predicted octanol–water partition coefficient (Wildman–Crippen LogP) is 2.83. The normalized spacial score (nSPS) is 11.4. The second-order valence-corrected chi connectivity index (χ2v) is 4.74. The lowest BCUT2D eigenvalue weighted by molar-refractivity contribution is -0.127. The molecule has 1 aromatic carbocycles. The van der Waals surface area contributed by atoms with Gasteiger partial charge < -0.3 is 10.1 Å². The molecule has 108 valence electrons. The first-order chi connectivity index (χ1) is 9.67. The van der Waals surface area contributed by atoms with E-state index in [0.717, 1.165) is 24.8 Å². The van der Waals surface area contributed by atoms with Crippen molar-refractivity contribution in [3.05, 3.63) is 29.8 Å². The van der Waals surface area contributed by atoms with E-state index in [9.17, 15) is 4.79 Å². The Morgan fingerprint density at radius 3 is 2.65 bits per heavy atom. The number of carbonyl (C=O) groups excluding carboxylic acids is 1. The minimum absolute atomic E-state index is 0.0952. The highest BCUT2D eigenvalue weighted by molar-refractivity contribution is 5.80. The van der Waals surface area contributed by atoms with Gasteiger partial charge in [0.1, 0.15) is 5.75 Å². The van der Waals surface area contributed by atoms with Gasteiger partial charge in [0.25, 0.3) is 5.91 Å². The third-order valence-corrected chi connectivity index (χ3v) is 2.97. The number of nitrogens with zero attached hydrogens (tertiary/aromatic N) is 1. The number of nitriles is 1. The number of rotatable bonds is 8. The maximum absolute atomic E-state index is 11.8. The van der Waals surface area contributed by atoms with Crippen molar-refractivity contribution < 1.29 is 9.53 Å². The average molecular weight is 274 g/mol. The van der Waals surface area contributed by atoms with Crippen molar-refractivity contribution in [3.63, 3.8) is 0 Å². The number of unbranched alkanes of at least 4 members (excludes halogenated alkanes) is 2. The summed E-state index contributed by atoms with van der Waals surface area (Å²) in [6.45, 7) is 4.56. The number of amides is 1. The van der Waals surface area contributed by atoms with Crippen LogP contribution in [0.1, 0.15) is 38.7 Å². The van der Waals surface area contributed by atoms with Crippen LogP contribution in [0.3, 0.4) is 0 Å². The van der Waals surface area contributed by atoms with E-state index >= 15 is 0 Å². The maximum atomic E-state index is 11.8. The van der Waals surface area contributed by atoms with E-state index < -0.39 is 6.10 Å². The van der Waals surface area contributed by atoms with Gasteiger partial charge in [-0.25, -0.2) is 0 Å². The first-order valence-electron chi connectivity index (χ1n) is 7.07. The van der Waals surface area contributed by atoms with E-state index in [4.69, 9.17) is 10.00 Å². The summed E-state index contributed by atoms with van der Waals surface area (Å²) in [4.78, 5) is 11.8. The Hall–Kier alpha value is -2.02. The first-order valence-corrected chi connectivity index (χ1v) is 7.07. The van der Waals surface area contributed by atoms with Gasteiger partial charge in [-0.15, -0.1) is 0 Å². The summed E-state index contributed by atoms with van der Waals surface area (Å²) >= 11 is 0. The van der Waals surface area contributed by atoms with Crippen LogP contribution in [-0.2, 0) is 11.2 Å². The Kier molecular flexibility index (Phi) is 7.20. The Morgan fingerprint density at radius 2 is 2.05 bits per heavy atom. The molecule has 4 nitrogen and oxygen atoms in total. The number of benzene rings is 1. The Bertz CT molecular complexity index is 449. The van der Waals surface area contributed by atoms with Gasteiger partial charge in [-0.05, 0) is 31.0 Å². The van der Waals surface area contributed by atoms with Gasteiger partial charge >= 0.3 is 0 Å². The fraction of sp³-hybridized carbons (Fsp3) is 0.500. The summed E-state index contributed by atoms with van der Waals surface area (Å²) in [7, 11) is 0. The molecule has 1 aromatic rings. The van der Waals surface area contributed by atoms with E-state index in [1.54, 1.807) is 19.1 Å². The number of carbonyl (C=O) groups is 1. The van der Waals surface area contributed by atoms with Crippen LogP contribution in [0, 0.1) is 11.3 Å². The van der Waals surface area contributed by atoms with Crippen LogP contribution >= 0.6 is 0 Å². The van der Waals surface area contributed by atoms with Crippen LogP contribution in [0.15, 0.2) is 24.3 Å². The van der Waals surface area contributed by atoms with Crippen molar-refractivity contribution in [1.29, 1.82) is 5.26 Å². The van der Waals surface area contributed by atoms with E-state index in [-0.39, 0.29) is 5.91 Å². The number of ether oxygens (including phenoxy) is 1. The first kappa shape index (κ1) is 16.0. The van der Waals surface area contributed by atoms with Gasteiger partial charge in [-0.1, -0.05) is 31.9 Å². The lowest BCUT2D eigenvalue weighted by Crippen LogP contribution is -2.36. The number of nitrogens with one attached hydrogen (secondary N) is 1. The molecule has 0 saturated carbocycles. The zero-order chi connectivity index (χ0) is 14.8. The fourth-order valence-electron chi connectivity index (χ4n) is 1.77. The molecule has 0 saturated heterocycles. The molecule has 1 atom stereocenters. The van der Waals surface area contributed by atoms with E-state index in [0.29, 0.717) is 18.7 Å². The second kappa shape index (κ2) is 8.98. The molecule has 1 N–H and O–H groups in total. The Labute approximate surface area is 120 Å². The van der Waals surface area contributed by atoms with Crippen molar-refractivity contribution in [2.45, 2.75) is 45.6 Å². The molecule has 0 aromatic heterocycles. The van der Waals surface area contributed by atoms with Crippen LogP contribution < -0.4 is 10.1 Å². The predicted molar refractivity (Wildman–Crippen MR) is 78.4 cm³/mol. The molecule has 4 heteroatoms. The van der Waals surface area contributed by atoms with Crippen molar-refractivity contribution in [2.24, 2.45) is 0 Å². The smallest absolute Gasteiger partial charge is 0.260 e. The summed E-state index contributed by atoms with van der Waals surface area (Å²) in [6.07, 6.45) is 3.12. The van der Waals surface area contributed by atoms with Crippen LogP contribution in [0.25, 0.3) is 0 Å². The molecule has 1 unspecified atom stereocenters. The summed E-state index contributed by atoms with van der Waals surface area (Å²) < 4.78 is 5.57. The van der Waals surface area contributed by atoms with Gasteiger partial charge in [0.05, 0.1) is 12.5 Å². The Morgan fingerprint density at radius 1 is 1.35 bits per heavy atom. The standard InChI is InChI=1S/C16H22N2O2/c1-3-4-5-12-18-16(19)13(2)20-15-8-6-14(7-9-15)10-11-17/h6-9,13H,3-5,10,12H2,1-2H3,(H,18,19). The van der Waals surface area contributed by atoms with Crippen molar-refractivity contribution in [3.8, 4) is 11.8 Å². The third kappa shape index (κ3) is 5.75. The highest BCUT2D eigenvalue weighted by atomic mass is 16.5. The molecule has 0 radical (unpaired) electrons. The molecule has 0 fully saturated rings. The van der Waals surface area contributed by atoms with Crippen LogP contribution in [0.5, 0.6) is 5.75 Å². The minimum atomic E-state index is -0.515. The molecular weight excluding hydrogens is 252 g/mol. The summed E-state index contributed by atoms with van der Waals surface area (Å²) in [6, 6.07) is 9.34. The number of hydrogen-bond acceptors (Lipinski definition) is 3. The molecule has 1 amide bonds. The van der Waals surface area contributed by atoms with E-state index in [1.165, 1.54) is 0 Å². The van der Waals surface area contributed by atoms with Gasteiger partial charge in [0.2, 0.25) is 0 Å². The zero-order valence-electron chi connectivity index (χ0n) is 12.2. The summed E-state index contributed by atoms with van der Waals surface area (Å²) in [5, 5.41) is 11.5. The zero-order valence-corrected chi connectivity index (χ0v) is 12.2. The minimum Gasteiger partial charge on any atom is -0.481 e. The van der Waals surface area contributed by atoms with Crippen LogP contribution in [0.4, 0.5) is 0 Å². The number of hydrogen-bond donors (Lipinski definition) is 1. The quantitative estimate of drug-likeness (QED) is 0.741.